The summed E-state index contributed by atoms with van der Waals surface area (Å²) in [5, 5.41) is 3.44. The summed E-state index contributed by atoms with van der Waals surface area (Å²) in [4.78, 5) is 4.54. The van der Waals surface area contributed by atoms with Gasteiger partial charge in [-0.1, -0.05) is 13.8 Å². The van der Waals surface area contributed by atoms with Crippen molar-refractivity contribution in [1.82, 2.24) is 14.9 Å². The van der Waals surface area contributed by atoms with Crippen molar-refractivity contribution in [2.75, 3.05) is 6.54 Å². The van der Waals surface area contributed by atoms with Crippen molar-refractivity contribution in [2.45, 2.75) is 52.6 Å². The Bertz CT molecular complexity index is 583. The second-order valence-corrected chi connectivity index (χ2v) is 6.42. The van der Waals surface area contributed by atoms with E-state index in [1.54, 1.807) is 0 Å². The van der Waals surface area contributed by atoms with Gasteiger partial charge in [0.25, 0.3) is 0 Å². The SMILES string of the molecule is CC(C)CNCc1coc(Cn2cnc3c2CCCC3)c1. The van der Waals surface area contributed by atoms with E-state index in [0.717, 1.165) is 38.2 Å². The Labute approximate surface area is 126 Å². The monoisotopic (exact) mass is 287 g/mol. The third-order valence-corrected chi connectivity index (χ3v) is 4.03. The number of fused-ring (bicyclic) bond motifs is 1. The topological polar surface area (TPSA) is 43.0 Å². The van der Waals surface area contributed by atoms with Crippen LogP contribution in [0.15, 0.2) is 23.1 Å². The standard InChI is InChI=1S/C17H25N3O/c1-13(2)8-18-9-14-7-15(21-11-14)10-20-12-19-16-5-3-4-6-17(16)20/h7,11-13,18H,3-6,8-10H2,1-2H3. The molecule has 0 fully saturated rings. The van der Waals surface area contributed by atoms with Crippen LogP contribution in [0.25, 0.3) is 0 Å². The lowest BCUT2D eigenvalue weighted by Gasteiger charge is -2.13. The van der Waals surface area contributed by atoms with Gasteiger partial charge in [-0.15, -0.1) is 0 Å². The van der Waals surface area contributed by atoms with Crippen molar-refractivity contribution >= 4 is 0 Å². The van der Waals surface area contributed by atoms with E-state index >= 15 is 0 Å². The molecule has 4 heteroatoms. The Hall–Kier alpha value is -1.55. The Balaban J connectivity index is 1.60. The zero-order chi connectivity index (χ0) is 14.7. The summed E-state index contributed by atoms with van der Waals surface area (Å²) in [5.41, 5.74) is 3.91. The number of furan rings is 1. The van der Waals surface area contributed by atoms with Crippen LogP contribution in [0.3, 0.4) is 0 Å². The highest BCUT2D eigenvalue weighted by atomic mass is 16.3. The van der Waals surface area contributed by atoms with E-state index in [1.165, 1.54) is 29.8 Å². The van der Waals surface area contributed by atoms with E-state index in [0.29, 0.717) is 5.92 Å². The second-order valence-electron chi connectivity index (χ2n) is 6.42. The quantitative estimate of drug-likeness (QED) is 0.887. The average Bonchev–Trinajstić information content (AvgIpc) is 3.07. The molecule has 1 aliphatic carbocycles. The molecule has 0 radical (unpaired) electrons. The molecule has 1 aliphatic rings. The fourth-order valence-electron chi connectivity index (χ4n) is 2.94. The van der Waals surface area contributed by atoms with E-state index in [1.807, 2.05) is 12.6 Å². The summed E-state index contributed by atoms with van der Waals surface area (Å²) in [6, 6.07) is 2.16. The van der Waals surface area contributed by atoms with Gasteiger partial charge in [0.2, 0.25) is 0 Å². The molecule has 0 aliphatic heterocycles. The number of aromatic nitrogens is 2. The fraction of sp³-hybridized carbons (Fsp3) is 0.588. The van der Waals surface area contributed by atoms with Crippen LogP contribution in [0.4, 0.5) is 0 Å². The van der Waals surface area contributed by atoms with E-state index in [4.69, 9.17) is 4.42 Å². The van der Waals surface area contributed by atoms with Crippen LogP contribution < -0.4 is 5.32 Å². The van der Waals surface area contributed by atoms with E-state index in [2.05, 4.69) is 34.8 Å². The largest absolute Gasteiger partial charge is 0.467 e. The molecule has 4 nitrogen and oxygen atoms in total. The van der Waals surface area contributed by atoms with Gasteiger partial charge in [-0.05, 0) is 44.2 Å². The fourth-order valence-corrected chi connectivity index (χ4v) is 2.94. The second kappa shape index (κ2) is 6.48. The van der Waals surface area contributed by atoms with Crippen molar-refractivity contribution in [2.24, 2.45) is 5.92 Å². The normalized spacial score (nSPS) is 14.6. The van der Waals surface area contributed by atoms with E-state index in [-0.39, 0.29) is 0 Å². The number of aryl methyl sites for hydroxylation is 1. The Morgan fingerprint density at radius 3 is 3.05 bits per heavy atom. The maximum atomic E-state index is 5.70. The number of nitrogens with zero attached hydrogens (tertiary/aromatic N) is 2. The minimum absolute atomic E-state index is 0.675. The van der Waals surface area contributed by atoms with Crippen molar-refractivity contribution in [3.8, 4) is 0 Å². The highest BCUT2D eigenvalue weighted by Gasteiger charge is 2.15. The number of rotatable bonds is 6. The summed E-state index contributed by atoms with van der Waals surface area (Å²) in [6.07, 6.45) is 8.67. The molecule has 2 aromatic rings. The molecule has 114 valence electrons. The van der Waals surface area contributed by atoms with Crippen LogP contribution in [0.5, 0.6) is 0 Å². The zero-order valence-electron chi connectivity index (χ0n) is 13.1. The van der Waals surface area contributed by atoms with Crippen molar-refractivity contribution < 1.29 is 4.42 Å². The Kier molecular flexibility index (Phi) is 4.44. The minimum Gasteiger partial charge on any atom is -0.467 e. The lowest BCUT2D eigenvalue weighted by atomic mass is 10.0. The highest BCUT2D eigenvalue weighted by molar-refractivity contribution is 5.19. The molecule has 0 aromatic carbocycles. The molecule has 0 bridgehead atoms. The molecular formula is C17H25N3O. The van der Waals surface area contributed by atoms with Gasteiger partial charge in [0.1, 0.15) is 5.76 Å². The van der Waals surface area contributed by atoms with Gasteiger partial charge in [0, 0.05) is 17.8 Å². The molecular weight excluding hydrogens is 262 g/mol. The van der Waals surface area contributed by atoms with Gasteiger partial charge in [-0.25, -0.2) is 4.98 Å². The van der Waals surface area contributed by atoms with E-state index in [9.17, 15) is 0 Å². The molecule has 0 spiro atoms. The number of hydrogen-bond donors (Lipinski definition) is 1. The molecule has 0 saturated heterocycles. The van der Waals surface area contributed by atoms with Crippen molar-refractivity contribution in [3.05, 3.63) is 41.4 Å². The van der Waals surface area contributed by atoms with Crippen LogP contribution in [0, 0.1) is 5.92 Å². The zero-order valence-corrected chi connectivity index (χ0v) is 13.1. The predicted octanol–water partition coefficient (Wildman–Crippen LogP) is 3.15. The van der Waals surface area contributed by atoms with Gasteiger partial charge in [-0.2, -0.15) is 0 Å². The van der Waals surface area contributed by atoms with Gasteiger partial charge < -0.3 is 14.3 Å². The summed E-state index contributed by atoms with van der Waals surface area (Å²) >= 11 is 0. The smallest absolute Gasteiger partial charge is 0.123 e. The summed E-state index contributed by atoms with van der Waals surface area (Å²) < 4.78 is 7.95. The van der Waals surface area contributed by atoms with Gasteiger partial charge >= 0.3 is 0 Å². The number of nitrogens with one attached hydrogen (secondary N) is 1. The molecule has 0 atom stereocenters. The van der Waals surface area contributed by atoms with Crippen molar-refractivity contribution in [3.63, 3.8) is 0 Å². The van der Waals surface area contributed by atoms with Gasteiger partial charge in [0.05, 0.1) is 24.8 Å². The highest BCUT2D eigenvalue weighted by Crippen LogP contribution is 2.21. The lowest BCUT2D eigenvalue weighted by molar-refractivity contribution is 0.483. The summed E-state index contributed by atoms with van der Waals surface area (Å²) in [5.74, 6) is 1.69. The average molecular weight is 287 g/mol. The van der Waals surface area contributed by atoms with Gasteiger partial charge in [-0.3, -0.25) is 0 Å². The molecule has 2 aromatic heterocycles. The predicted molar refractivity (Wildman–Crippen MR) is 83.2 cm³/mol. The third kappa shape index (κ3) is 3.56. The van der Waals surface area contributed by atoms with Crippen LogP contribution in [-0.2, 0) is 25.9 Å². The maximum Gasteiger partial charge on any atom is 0.123 e. The van der Waals surface area contributed by atoms with Crippen LogP contribution in [0.2, 0.25) is 0 Å². The maximum absolute atomic E-state index is 5.70. The minimum atomic E-state index is 0.675. The first-order valence-electron chi connectivity index (χ1n) is 8.02. The third-order valence-electron chi connectivity index (χ3n) is 4.03. The molecule has 1 N–H and O–H groups in total. The first-order chi connectivity index (χ1) is 10.2. The molecule has 0 amide bonds. The number of hydrogen-bond acceptors (Lipinski definition) is 3. The first kappa shape index (κ1) is 14.4. The Morgan fingerprint density at radius 2 is 2.19 bits per heavy atom. The molecule has 2 heterocycles. The van der Waals surface area contributed by atoms with Crippen LogP contribution in [0.1, 0.15) is 49.4 Å². The summed E-state index contributed by atoms with van der Waals surface area (Å²) in [7, 11) is 0. The molecule has 0 saturated carbocycles. The van der Waals surface area contributed by atoms with Gasteiger partial charge in [0.15, 0.2) is 0 Å². The van der Waals surface area contributed by atoms with Crippen molar-refractivity contribution in [1.29, 1.82) is 0 Å². The first-order valence-corrected chi connectivity index (χ1v) is 8.02. The summed E-state index contributed by atoms with van der Waals surface area (Å²) in [6.45, 7) is 7.15. The molecule has 21 heavy (non-hydrogen) atoms. The van der Waals surface area contributed by atoms with Crippen LogP contribution >= 0.6 is 0 Å². The Morgan fingerprint density at radius 1 is 1.33 bits per heavy atom. The molecule has 0 unspecified atom stereocenters. The van der Waals surface area contributed by atoms with Crippen LogP contribution in [-0.4, -0.2) is 16.1 Å². The molecule has 3 rings (SSSR count). The number of imidazole rings is 1. The lowest BCUT2D eigenvalue weighted by Crippen LogP contribution is -2.18. The van der Waals surface area contributed by atoms with E-state index < -0.39 is 0 Å².